The molecule has 0 aliphatic heterocycles. The number of rotatable bonds is 11. The van der Waals surface area contributed by atoms with E-state index in [1.54, 1.807) is 6.92 Å². The minimum absolute atomic E-state index is 0.0119. The lowest BCUT2D eigenvalue weighted by Crippen LogP contribution is -2.32. The maximum absolute atomic E-state index is 13.4. The first-order chi connectivity index (χ1) is 19.2. The summed E-state index contributed by atoms with van der Waals surface area (Å²) in [7, 11) is -3.41. The maximum atomic E-state index is 13.4. The van der Waals surface area contributed by atoms with Crippen molar-refractivity contribution < 1.29 is 36.6 Å². The number of halogens is 2. The number of ether oxygens (including phenoxy) is 2. The second kappa shape index (κ2) is 12.7. The Balaban J connectivity index is 1.96. The molecule has 220 valence electrons. The summed E-state index contributed by atoms with van der Waals surface area (Å²) in [6.45, 7) is 7.24. The molecule has 3 rings (SSSR count). The Labute approximate surface area is 237 Å². The molecule has 41 heavy (non-hydrogen) atoms. The molecule has 0 spiro atoms. The van der Waals surface area contributed by atoms with Crippen LogP contribution in [0.5, 0.6) is 17.4 Å². The predicted octanol–water partition coefficient (Wildman–Crippen LogP) is 4.51. The van der Waals surface area contributed by atoms with Gasteiger partial charge in [-0.1, -0.05) is 25.1 Å². The fourth-order valence-corrected chi connectivity index (χ4v) is 4.77. The molecule has 1 aromatic heterocycles. The van der Waals surface area contributed by atoms with Gasteiger partial charge in [0.25, 0.3) is 12.3 Å². The van der Waals surface area contributed by atoms with Crippen LogP contribution in [-0.2, 0) is 15.4 Å². The third-order valence-corrected chi connectivity index (χ3v) is 7.85. The smallest absolute Gasteiger partial charge is 0.272 e. The molecule has 2 N–H and O–H groups in total. The van der Waals surface area contributed by atoms with E-state index in [4.69, 9.17) is 9.47 Å². The standard InChI is InChI=1S/C28H32F2N4O6S/c1-6-41(37,38)19-12-10-18(11-13-19)21(15-35)32-26(36)25-17(2)27(34(33-25)28(3,4)5)40-23-9-7-8-22(20(23)14-31)39-16-24(29)30/h7-13,21,24,35H,6,15-16H2,1-5H3,(H,32,36). The quantitative estimate of drug-likeness (QED) is 0.332. The second-order valence-electron chi connectivity index (χ2n) is 10.1. The van der Waals surface area contributed by atoms with E-state index in [1.807, 2.05) is 26.8 Å². The van der Waals surface area contributed by atoms with Crippen LogP contribution in [0.4, 0.5) is 8.78 Å². The SMILES string of the molecule is CCS(=O)(=O)c1ccc(C(CO)NC(=O)c2nn(C(C)(C)C)c(Oc3cccc(OCC(F)F)c3C#N)c2C)cc1. The van der Waals surface area contributed by atoms with E-state index in [-0.39, 0.29) is 39.3 Å². The summed E-state index contributed by atoms with van der Waals surface area (Å²) in [5.41, 5.74) is 0.00347. The van der Waals surface area contributed by atoms with E-state index in [1.165, 1.54) is 54.1 Å². The number of aliphatic hydroxyl groups is 1. The van der Waals surface area contributed by atoms with Crippen molar-refractivity contribution in [2.75, 3.05) is 19.0 Å². The normalized spacial score (nSPS) is 12.6. The van der Waals surface area contributed by atoms with Crippen LogP contribution < -0.4 is 14.8 Å². The van der Waals surface area contributed by atoms with Crippen molar-refractivity contribution >= 4 is 15.7 Å². The topological polar surface area (TPSA) is 144 Å². The summed E-state index contributed by atoms with van der Waals surface area (Å²) in [4.78, 5) is 13.5. The molecule has 0 saturated carbocycles. The highest BCUT2D eigenvalue weighted by Gasteiger charge is 2.30. The first kappa shape index (κ1) is 31.5. The summed E-state index contributed by atoms with van der Waals surface area (Å²) in [6, 6.07) is 11.3. The monoisotopic (exact) mass is 590 g/mol. The summed E-state index contributed by atoms with van der Waals surface area (Å²) < 4.78 is 62.2. The van der Waals surface area contributed by atoms with E-state index >= 15 is 0 Å². The summed E-state index contributed by atoms with van der Waals surface area (Å²) in [5.74, 6) is -0.606. The van der Waals surface area contributed by atoms with Crippen molar-refractivity contribution in [2.24, 2.45) is 0 Å². The van der Waals surface area contributed by atoms with Gasteiger partial charge in [0.05, 0.1) is 28.8 Å². The van der Waals surface area contributed by atoms with Crippen molar-refractivity contribution in [3.8, 4) is 23.4 Å². The molecule has 13 heteroatoms. The Morgan fingerprint density at radius 2 is 1.80 bits per heavy atom. The van der Waals surface area contributed by atoms with E-state index in [9.17, 15) is 32.4 Å². The summed E-state index contributed by atoms with van der Waals surface area (Å²) in [6.07, 6.45) is -2.73. The van der Waals surface area contributed by atoms with Crippen LogP contribution in [0.1, 0.15) is 60.9 Å². The van der Waals surface area contributed by atoms with E-state index < -0.39 is 47.0 Å². The molecular formula is C28H32F2N4O6S. The molecule has 1 amide bonds. The third kappa shape index (κ3) is 7.20. The van der Waals surface area contributed by atoms with Gasteiger partial charge in [-0.2, -0.15) is 10.4 Å². The molecule has 3 aromatic rings. The van der Waals surface area contributed by atoms with Crippen LogP contribution in [0.15, 0.2) is 47.4 Å². The minimum atomic E-state index is -3.41. The minimum Gasteiger partial charge on any atom is -0.486 e. The van der Waals surface area contributed by atoms with Crippen molar-refractivity contribution in [3.63, 3.8) is 0 Å². The fourth-order valence-electron chi connectivity index (χ4n) is 3.89. The lowest BCUT2D eigenvalue weighted by atomic mass is 10.1. The molecule has 0 fully saturated rings. The van der Waals surface area contributed by atoms with Crippen LogP contribution in [0, 0.1) is 18.3 Å². The van der Waals surface area contributed by atoms with Crippen molar-refractivity contribution in [2.45, 2.75) is 57.5 Å². The average molecular weight is 591 g/mol. The van der Waals surface area contributed by atoms with Gasteiger partial charge in [0.15, 0.2) is 21.3 Å². The van der Waals surface area contributed by atoms with Gasteiger partial charge in [0.2, 0.25) is 5.88 Å². The molecule has 1 unspecified atom stereocenters. The average Bonchev–Trinajstić information content (AvgIpc) is 3.26. The van der Waals surface area contributed by atoms with Crippen LogP contribution in [0.3, 0.4) is 0 Å². The van der Waals surface area contributed by atoms with E-state index in [0.717, 1.165) is 0 Å². The number of hydrogen-bond donors (Lipinski definition) is 2. The lowest BCUT2D eigenvalue weighted by Gasteiger charge is -2.22. The largest absolute Gasteiger partial charge is 0.486 e. The van der Waals surface area contributed by atoms with Gasteiger partial charge < -0.3 is 19.9 Å². The van der Waals surface area contributed by atoms with Gasteiger partial charge in [-0.25, -0.2) is 21.9 Å². The molecule has 0 aliphatic rings. The van der Waals surface area contributed by atoms with Crippen molar-refractivity contribution in [3.05, 3.63) is 64.8 Å². The Bertz CT molecular complexity index is 1540. The highest BCUT2D eigenvalue weighted by atomic mass is 32.2. The first-order valence-electron chi connectivity index (χ1n) is 12.7. The van der Waals surface area contributed by atoms with Crippen molar-refractivity contribution in [1.82, 2.24) is 15.1 Å². The number of hydrogen-bond acceptors (Lipinski definition) is 8. The summed E-state index contributed by atoms with van der Waals surface area (Å²) >= 11 is 0. The van der Waals surface area contributed by atoms with Gasteiger partial charge in [0.1, 0.15) is 24.0 Å². The zero-order valence-corrected chi connectivity index (χ0v) is 24.1. The molecule has 1 atom stereocenters. The number of aromatic nitrogens is 2. The number of nitrogens with zero attached hydrogens (tertiary/aromatic N) is 3. The van der Waals surface area contributed by atoms with Gasteiger partial charge in [-0.05, 0) is 57.5 Å². The van der Waals surface area contributed by atoms with Crippen LogP contribution in [-0.4, -0.2) is 54.6 Å². The van der Waals surface area contributed by atoms with E-state index in [2.05, 4.69) is 10.4 Å². The Kier molecular flexibility index (Phi) is 9.73. The van der Waals surface area contributed by atoms with Crippen molar-refractivity contribution in [1.29, 1.82) is 5.26 Å². The van der Waals surface area contributed by atoms with E-state index in [0.29, 0.717) is 11.1 Å². The molecule has 0 bridgehead atoms. The molecule has 10 nitrogen and oxygen atoms in total. The molecule has 0 radical (unpaired) electrons. The number of aliphatic hydroxyl groups excluding tert-OH is 1. The van der Waals surface area contributed by atoms with Crippen LogP contribution in [0.2, 0.25) is 0 Å². The third-order valence-electron chi connectivity index (χ3n) is 6.10. The van der Waals surface area contributed by atoms with Crippen LogP contribution in [0.25, 0.3) is 0 Å². The Morgan fingerprint density at radius 1 is 1.17 bits per heavy atom. The zero-order chi connectivity index (χ0) is 30.5. The van der Waals surface area contributed by atoms with Gasteiger partial charge in [0, 0.05) is 5.56 Å². The molecule has 2 aromatic carbocycles. The molecule has 1 heterocycles. The zero-order valence-electron chi connectivity index (χ0n) is 23.3. The molecule has 0 aliphatic carbocycles. The fraction of sp³-hybridized carbons (Fsp3) is 0.393. The maximum Gasteiger partial charge on any atom is 0.272 e. The number of benzene rings is 2. The summed E-state index contributed by atoms with van der Waals surface area (Å²) in [5, 5.41) is 26.9. The highest BCUT2D eigenvalue weighted by molar-refractivity contribution is 7.91. The first-order valence-corrected chi connectivity index (χ1v) is 14.3. The number of nitrogens with one attached hydrogen (secondary N) is 1. The number of amides is 1. The lowest BCUT2D eigenvalue weighted by molar-refractivity contribution is 0.0816. The van der Waals surface area contributed by atoms with Gasteiger partial charge in [-0.3, -0.25) is 4.79 Å². The molecular weight excluding hydrogens is 558 g/mol. The molecule has 0 saturated heterocycles. The number of alkyl halides is 2. The highest BCUT2D eigenvalue weighted by Crippen LogP contribution is 2.36. The van der Waals surface area contributed by atoms with Gasteiger partial charge >= 0.3 is 0 Å². The van der Waals surface area contributed by atoms with Gasteiger partial charge in [-0.15, -0.1) is 0 Å². The predicted molar refractivity (Wildman–Crippen MR) is 146 cm³/mol. The number of carbonyl (C=O) groups is 1. The Hall–Kier alpha value is -4.02. The second-order valence-corrected chi connectivity index (χ2v) is 12.4. The Morgan fingerprint density at radius 3 is 2.34 bits per heavy atom. The number of nitriles is 1. The number of carbonyl (C=O) groups excluding carboxylic acids is 1. The van der Waals surface area contributed by atoms with Crippen LogP contribution >= 0.6 is 0 Å². The number of sulfone groups is 1.